The molecule has 32 heavy (non-hydrogen) atoms. The van der Waals surface area contributed by atoms with Crippen LogP contribution in [-0.4, -0.2) is 42.1 Å². The molecule has 1 aromatic carbocycles. The number of methoxy groups -OCH3 is 1. The Kier molecular flexibility index (Phi) is 8.28. The Labute approximate surface area is 186 Å². The predicted octanol–water partition coefficient (Wildman–Crippen LogP) is 3.32. The molecule has 2 aromatic rings. The molecule has 0 aliphatic carbocycles. The molecule has 8 nitrogen and oxygen atoms in total. The van der Waals surface area contributed by atoms with Gasteiger partial charge in [0.05, 0.1) is 7.11 Å². The number of aromatic nitrogens is 1. The fourth-order valence-corrected chi connectivity index (χ4v) is 3.11. The predicted molar refractivity (Wildman–Crippen MR) is 114 cm³/mol. The highest BCUT2D eigenvalue weighted by Gasteiger charge is 2.27. The third kappa shape index (κ3) is 6.03. The highest BCUT2D eigenvalue weighted by molar-refractivity contribution is 5.98. The van der Waals surface area contributed by atoms with Crippen LogP contribution in [0.3, 0.4) is 0 Å². The summed E-state index contributed by atoms with van der Waals surface area (Å²) in [6.45, 7) is 8.02. The lowest BCUT2D eigenvalue weighted by atomic mass is 9.92. The maximum atomic E-state index is 13.4. The lowest BCUT2D eigenvalue weighted by Gasteiger charge is -2.24. The fraction of sp³-hybridized carbons (Fsp3) is 0.391. The zero-order valence-corrected chi connectivity index (χ0v) is 18.9. The van der Waals surface area contributed by atoms with Gasteiger partial charge in [0.1, 0.15) is 18.0 Å². The van der Waals surface area contributed by atoms with Crippen LogP contribution >= 0.6 is 0 Å². The normalized spacial score (nSPS) is 13.5. The summed E-state index contributed by atoms with van der Waals surface area (Å²) in [4.78, 5) is 40.6. The zero-order valence-electron chi connectivity index (χ0n) is 18.9. The Morgan fingerprint density at radius 2 is 1.81 bits per heavy atom. The van der Waals surface area contributed by atoms with Crippen LogP contribution in [0.25, 0.3) is 0 Å². The van der Waals surface area contributed by atoms with Gasteiger partial charge in [0.25, 0.3) is 5.91 Å². The minimum atomic E-state index is -1.01. The number of carbonyl (C=O) groups excluding carboxylic acids is 3. The molecular weight excluding hydrogens is 419 g/mol. The van der Waals surface area contributed by atoms with Crippen molar-refractivity contribution in [3.05, 3.63) is 53.1 Å². The SMILES string of the molecule is COc1ccnc(C(=O)NC(C)C(=O)OC(C)C(C)c2ccc(F)cc2C)c1OC(C)=O. The van der Waals surface area contributed by atoms with Gasteiger partial charge in [-0.25, -0.2) is 14.2 Å². The van der Waals surface area contributed by atoms with E-state index >= 15 is 0 Å². The molecule has 0 bridgehead atoms. The van der Waals surface area contributed by atoms with E-state index in [0.717, 1.165) is 11.1 Å². The highest BCUT2D eigenvalue weighted by atomic mass is 19.1. The van der Waals surface area contributed by atoms with E-state index in [-0.39, 0.29) is 28.9 Å². The first-order chi connectivity index (χ1) is 15.0. The summed E-state index contributed by atoms with van der Waals surface area (Å²) in [5.41, 5.74) is 1.40. The van der Waals surface area contributed by atoms with Crippen LogP contribution in [0.4, 0.5) is 4.39 Å². The zero-order chi connectivity index (χ0) is 24.0. The number of rotatable bonds is 8. The largest absolute Gasteiger partial charge is 0.493 e. The van der Waals surface area contributed by atoms with Crippen molar-refractivity contribution in [2.75, 3.05) is 7.11 Å². The first-order valence-electron chi connectivity index (χ1n) is 10.0. The lowest BCUT2D eigenvalue weighted by Crippen LogP contribution is -2.41. The Morgan fingerprint density at radius 3 is 2.41 bits per heavy atom. The average Bonchev–Trinajstić information content (AvgIpc) is 2.72. The summed E-state index contributed by atoms with van der Waals surface area (Å²) in [6, 6.07) is 4.87. The van der Waals surface area contributed by atoms with Crippen LogP contribution in [0.5, 0.6) is 11.5 Å². The van der Waals surface area contributed by atoms with Crippen molar-refractivity contribution >= 4 is 17.8 Å². The maximum Gasteiger partial charge on any atom is 0.328 e. The van der Waals surface area contributed by atoms with Crippen molar-refractivity contribution in [1.29, 1.82) is 0 Å². The van der Waals surface area contributed by atoms with Crippen molar-refractivity contribution in [2.24, 2.45) is 0 Å². The standard InChI is InChI=1S/C23H27FN2O6/c1-12-11-17(24)7-8-18(12)13(2)15(4)31-23(29)14(3)26-22(28)20-21(32-16(5)27)19(30-6)9-10-25-20/h7-11,13-15H,1-6H3,(H,26,28). The highest BCUT2D eigenvalue weighted by Crippen LogP contribution is 2.30. The summed E-state index contributed by atoms with van der Waals surface area (Å²) in [5.74, 6) is -2.58. The number of carbonyl (C=O) groups is 3. The first-order valence-corrected chi connectivity index (χ1v) is 10.0. The van der Waals surface area contributed by atoms with Crippen LogP contribution < -0.4 is 14.8 Å². The molecular formula is C23H27FN2O6. The second kappa shape index (κ2) is 10.7. The van der Waals surface area contributed by atoms with Crippen molar-refractivity contribution in [2.45, 2.75) is 52.7 Å². The van der Waals surface area contributed by atoms with E-state index < -0.39 is 30.0 Å². The van der Waals surface area contributed by atoms with Crippen LogP contribution in [0.2, 0.25) is 0 Å². The Bertz CT molecular complexity index is 1010. The number of hydrogen-bond acceptors (Lipinski definition) is 7. The summed E-state index contributed by atoms with van der Waals surface area (Å²) in [6.07, 6.45) is 0.788. The molecule has 0 spiro atoms. The van der Waals surface area contributed by atoms with Crippen molar-refractivity contribution < 1.29 is 33.0 Å². The van der Waals surface area contributed by atoms with Crippen molar-refractivity contribution in [3.63, 3.8) is 0 Å². The van der Waals surface area contributed by atoms with E-state index in [2.05, 4.69) is 10.3 Å². The fourth-order valence-electron chi connectivity index (χ4n) is 3.11. The Balaban J connectivity index is 2.09. The number of hydrogen-bond donors (Lipinski definition) is 1. The molecule has 3 atom stereocenters. The molecule has 1 amide bonds. The molecule has 0 saturated heterocycles. The molecule has 2 rings (SSSR count). The van der Waals surface area contributed by atoms with Gasteiger partial charge in [0, 0.05) is 25.1 Å². The summed E-state index contributed by atoms with van der Waals surface area (Å²) < 4.78 is 29.1. The van der Waals surface area contributed by atoms with Crippen molar-refractivity contribution in [3.8, 4) is 11.5 Å². The minimum Gasteiger partial charge on any atom is -0.493 e. The van der Waals surface area contributed by atoms with Gasteiger partial charge in [0.2, 0.25) is 5.75 Å². The van der Waals surface area contributed by atoms with Crippen LogP contribution in [-0.2, 0) is 14.3 Å². The second-order valence-electron chi connectivity index (χ2n) is 7.41. The van der Waals surface area contributed by atoms with Gasteiger partial charge in [-0.1, -0.05) is 13.0 Å². The molecule has 1 heterocycles. The molecule has 172 valence electrons. The minimum absolute atomic E-state index is 0.144. The molecule has 9 heteroatoms. The number of pyridine rings is 1. The van der Waals surface area contributed by atoms with E-state index in [4.69, 9.17) is 14.2 Å². The maximum absolute atomic E-state index is 13.4. The number of nitrogens with one attached hydrogen (secondary N) is 1. The smallest absolute Gasteiger partial charge is 0.328 e. The Morgan fingerprint density at radius 1 is 1.12 bits per heavy atom. The quantitative estimate of drug-likeness (QED) is 0.621. The molecule has 0 aliphatic heterocycles. The number of amides is 1. The number of esters is 2. The van der Waals surface area contributed by atoms with Gasteiger partial charge in [-0.05, 0) is 44.0 Å². The summed E-state index contributed by atoms with van der Waals surface area (Å²) in [5, 5.41) is 2.49. The molecule has 0 fully saturated rings. The number of ether oxygens (including phenoxy) is 3. The van der Waals surface area contributed by atoms with Crippen LogP contribution in [0.1, 0.15) is 55.2 Å². The number of nitrogens with zero attached hydrogens (tertiary/aromatic N) is 1. The number of aryl methyl sites for hydroxylation is 1. The first kappa shape index (κ1) is 24.8. The van der Waals surface area contributed by atoms with Crippen molar-refractivity contribution in [1.82, 2.24) is 10.3 Å². The van der Waals surface area contributed by atoms with Gasteiger partial charge >= 0.3 is 11.9 Å². The third-order valence-electron chi connectivity index (χ3n) is 4.98. The van der Waals surface area contributed by atoms with Gasteiger partial charge in [0.15, 0.2) is 11.4 Å². The van der Waals surface area contributed by atoms with E-state index in [1.807, 2.05) is 6.92 Å². The van der Waals surface area contributed by atoms with E-state index in [1.54, 1.807) is 19.9 Å². The molecule has 0 radical (unpaired) electrons. The van der Waals surface area contributed by atoms with E-state index in [9.17, 15) is 18.8 Å². The molecule has 0 aliphatic rings. The number of halogens is 1. The monoisotopic (exact) mass is 446 g/mol. The van der Waals surface area contributed by atoms with Crippen LogP contribution in [0, 0.1) is 12.7 Å². The van der Waals surface area contributed by atoms with Gasteiger partial charge in [-0.2, -0.15) is 0 Å². The summed E-state index contributed by atoms with van der Waals surface area (Å²) in [7, 11) is 1.36. The number of benzene rings is 1. The average molecular weight is 446 g/mol. The second-order valence-corrected chi connectivity index (χ2v) is 7.41. The third-order valence-corrected chi connectivity index (χ3v) is 4.98. The molecule has 1 aromatic heterocycles. The van der Waals surface area contributed by atoms with Gasteiger partial charge in [-0.15, -0.1) is 0 Å². The van der Waals surface area contributed by atoms with Crippen LogP contribution in [0.15, 0.2) is 30.5 Å². The van der Waals surface area contributed by atoms with E-state index in [1.165, 1.54) is 45.4 Å². The topological polar surface area (TPSA) is 104 Å². The lowest BCUT2D eigenvalue weighted by molar-refractivity contribution is -0.151. The summed E-state index contributed by atoms with van der Waals surface area (Å²) >= 11 is 0. The van der Waals surface area contributed by atoms with E-state index in [0.29, 0.717) is 0 Å². The van der Waals surface area contributed by atoms with Gasteiger partial charge in [-0.3, -0.25) is 9.59 Å². The molecule has 3 unspecified atom stereocenters. The molecule has 0 saturated carbocycles. The Hall–Kier alpha value is -3.49. The molecule has 1 N–H and O–H groups in total. The van der Waals surface area contributed by atoms with Gasteiger partial charge < -0.3 is 19.5 Å².